The van der Waals surface area contributed by atoms with Crippen LogP contribution in [0.4, 0.5) is 4.39 Å². The Labute approximate surface area is 127 Å². The number of alkyl halides is 1. The van der Waals surface area contributed by atoms with Gasteiger partial charge in [0.2, 0.25) is 0 Å². The number of halogens is 3. The van der Waals surface area contributed by atoms with Crippen LogP contribution in [0.3, 0.4) is 0 Å². The predicted octanol–water partition coefficient (Wildman–Crippen LogP) is 4.94. The monoisotopic (exact) mass is 310 g/mol. The highest BCUT2D eigenvalue weighted by Gasteiger charge is 2.23. The summed E-state index contributed by atoms with van der Waals surface area (Å²) >= 11 is 12.6. The first-order valence-electron chi connectivity index (χ1n) is 6.48. The molecule has 0 radical (unpaired) electrons. The van der Waals surface area contributed by atoms with E-state index < -0.39 is 0 Å². The Morgan fingerprint density at radius 3 is 2.85 bits per heavy atom. The van der Waals surface area contributed by atoms with Gasteiger partial charge in [0.05, 0.1) is 12.0 Å². The van der Waals surface area contributed by atoms with Gasteiger partial charge in [-0.25, -0.2) is 4.39 Å². The Kier molecular flexibility index (Phi) is 3.86. The normalized spacial score (nSPS) is 14.8. The second-order valence-corrected chi connectivity index (χ2v) is 5.81. The minimum absolute atomic E-state index is 0.238. The highest BCUT2D eigenvalue weighted by atomic mass is 35.5. The molecule has 104 valence electrons. The highest BCUT2D eigenvalue weighted by Crippen LogP contribution is 2.40. The van der Waals surface area contributed by atoms with Crippen molar-refractivity contribution >= 4 is 23.2 Å². The van der Waals surface area contributed by atoms with E-state index in [4.69, 9.17) is 27.9 Å². The first-order chi connectivity index (χ1) is 9.65. The van der Waals surface area contributed by atoms with Gasteiger partial charge in [0.1, 0.15) is 11.6 Å². The number of hydrogen-bond acceptors (Lipinski definition) is 1. The zero-order valence-electron chi connectivity index (χ0n) is 10.7. The molecule has 2 aromatic carbocycles. The molecule has 0 amide bonds. The van der Waals surface area contributed by atoms with Crippen molar-refractivity contribution in [1.82, 2.24) is 0 Å². The molecule has 2 aromatic rings. The smallest absolute Gasteiger partial charge is 0.127 e. The summed E-state index contributed by atoms with van der Waals surface area (Å²) in [6.07, 6.45) is 1.25. The molecule has 20 heavy (non-hydrogen) atoms. The van der Waals surface area contributed by atoms with Crippen LogP contribution in [0.5, 0.6) is 5.75 Å². The standard InChI is InChI=1S/C16H13Cl2FO/c17-12-7-11-5-6-20-16(11)13(9-12)14(18)8-10-3-1-2-4-15(10)19/h1-4,7,9,14H,5-6,8H2. The summed E-state index contributed by atoms with van der Waals surface area (Å²) in [5, 5.41) is 0.279. The zero-order valence-corrected chi connectivity index (χ0v) is 12.2. The SMILES string of the molecule is Fc1ccccc1CC(Cl)c1cc(Cl)cc2c1OCC2. The van der Waals surface area contributed by atoms with Crippen LogP contribution in [0.2, 0.25) is 5.02 Å². The van der Waals surface area contributed by atoms with Gasteiger partial charge in [-0.2, -0.15) is 0 Å². The molecule has 0 saturated heterocycles. The molecule has 0 bridgehead atoms. The van der Waals surface area contributed by atoms with E-state index in [1.807, 2.05) is 12.1 Å². The molecule has 4 heteroatoms. The second-order valence-electron chi connectivity index (χ2n) is 4.84. The number of rotatable bonds is 3. The predicted molar refractivity (Wildman–Crippen MR) is 79.3 cm³/mol. The van der Waals surface area contributed by atoms with E-state index in [2.05, 4.69) is 0 Å². The Morgan fingerprint density at radius 1 is 1.25 bits per heavy atom. The van der Waals surface area contributed by atoms with Crippen molar-refractivity contribution in [2.75, 3.05) is 6.61 Å². The largest absolute Gasteiger partial charge is 0.493 e. The molecule has 1 heterocycles. The fourth-order valence-corrected chi connectivity index (χ4v) is 3.08. The van der Waals surface area contributed by atoms with Crippen LogP contribution in [0.1, 0.15) is 22.1 Å². The molecule has 0 spiro atoms. The van der Waals surface area contributed by atoms with E-state index in [1.54, 1.807) is 18.2 Å². The lowest BCUT2D eigenvalue weighted by atomic mass is 10.0. The van der Waals surface area contributed by atoms with Crippen LogP contribution in [-0.2, 0) is 12.8 Å². The van der Waals surface area contributed by atoms with E-state index in [-0.39, 0.29) is 11.2 Å². The van der Waals surface area contributed by atoms with Gasteiger partial charge in [0.15, 0.2) is 0 Å². The van der Waals surface area contributed by atoms with Crippen LogP contribution < -0.4 is 4.74 Å². The van der Waals surface area contributed by atoms with Crippen LogP contribution >= 0.6 is 23.2 Å². The van der Waals surface area contributed by atoms with Crippen molar-refractivity contribution in [3.63, 3.8) is 0 Å². The fraction of sp³-hybridized carbons (Fsp3) is 0.250. The molecule has 0 aromatic heterocycles. The summed E-state index contributed by atoms with van der Waals surface area (Å²) < 4.78 is 19.3. The molecule has 0 aliphatic carbocycles. The summed E-state index contributed by atoms with van der Waals surface area (Å²) in [5.41, 5.74) is 2.51. The molecule has 1 nitrogen and oxygen atoms in total. The maximum absolute atomic E-state index is 13.7. The lowest BCUT2D eigenvalue weighted by Crippen LogP contribution is -2.01. The zero-order chi connectivity index (χ0) is 14.1. The summed E-state index contributed by atoms with van der Waals surface area (Å²) in [6.45, 7) is 0.645. The first-order valence-corrected chi connectivity index (χ1v) is 7.29. The van der Waals surface area contributed by atoms with Crippen LogP contribution in [0, 0.1) is 5.82 Å². The van der Waals surface area contributed by atoms with Crippen LogP contribution in [0.15, 0.2) is 36.4 Å². The molecule has 0 saturated carbocycles. The van der Waals surface area contributed by atoms with Gasteiger partial charge in [0, 0.05) is 17.0 Å². The third kappa shape index (κ3) is 2.63. The lowest BCUT2D eigenvalue weighted by Gasteiger charge is -2.15. The molecular weight excluding hydrogens is 298 g/mol. The van der Waals surface area contributed by atoms with E-state index in [1.165, 1.54) is 6.07 Å². The van der Waals surface area contributed by atoms with E-state index in [9.17, 15) is 4.39 Å². The summed E-state index contributed by atoms with van der Waals surface area (Å²) in [6, 6.07) is 10.4. The van der Waals surface area contributed by atoms with Gasteiger partial charge >= 0.3 is 0 Å². The lowest BCUT2D eigenvalue weighted by molar-refractivity contribution is 0.353. The summed E-state index contributed by atoms with van der Waals surface area (Å²) in [7, 11) is 0. The average Bonchev–Trinajstić information content (AvgIpc) is 2.88. The molecule has 1 aliphatic rings. The fourth-order valence-electron chi connectivity index (χ4n) is 2.50. The molecule has 1 unspecified atom stereocenters. The minimum Gasteiger partial charge on any atom is -0.493 e. The van der Waals surface area contributed by atoms with Crippen LogP contribution in [0.25, 0.3) is 0 Å². The van der Waals surface area contributed by atoms with Crippen molar-refractivity contribution < 1.29 is 9.13 Å². The number of benzene rings is 2. The third-order valence-corrected chi connectivity index (χ3v) is 4.08. The van der Waals surface area contributed by atoms with E-state index in [0.29, 0.717) is 23.6 Å². The molecule has 1 atom stereocenters. The molecule has 0 fully saturated rings. The highest BCUT2D eigenvalue weighted by molar-refractivity contribution is 6.31. The van der Waals surface area contributed by atoms with Crippen molar-refractivity contribution in [1.29, 1.82) is 0 Å². The molecule has 0 N–H and O–H groups in total. The topological polar surface area (TPSA) is 9.23 Å². The Bertz CT molecular complexity index is 642. The van der Waals surface area contributed by atoms with Gasteiger partial charge in [0.25, 0.3) is 0 Å². The van der Waals surface area contributed by atoms with Crippen molar-refractivity contribution in [3.05, 3.63) is 63.9 Å². The Hall–Kier alpha value is -1.25. The molecule has 3 rings (SSSR count). The van der Waals surface area contributed by atoms with Gasteiger partial charge in [-0.15, -0.1) is 11.6 Å². The maximum Gasteiger partial charge on any atom is 0.127 e. The first kappa shape index (κ1) is 13.7. The minimum atomic E-state index is -0.363. The summed E-state index contributed by atoms with van der Waals surface area (Å²) in [5.74, 6) is 0.573. The second kappa shape index (κ2) is 5.63. The van der Waals surface area contributed by atoms with E-state index >= 15 is 0 Å². The number of fused-ring (bicyclic) bond motifs is 1. The Balaban J connectivity index is 1.92. The maximum atomic E-state index is 13.7. The van der Waals surface area contributed by atoms with Gasteiger partial charge in [-0.05, 0) is 35.7 Å². The quantitative estimate of drug-likeness (QED) is 0.730. The van der Waals surface area contributed by atoms with Crippen LogP contribution in [-0.4, -0.2) is 6.61 Å². The summed E-state index contributed by atoms with van der Waals surface area (Å²) in [4.78, 5) is 0. The number of hydrogen-bond donors (Lipinski definition) is 0. The van der Waals surface area contributed by atoms with Crippen molar-refractivity contribution in [2.24, 2.45) is 0 Å². The van der Waals surface area contributed by atoms with Gasteiger partial charge in [-0.3, -0.25) is 0 Å². The van der Waals surface area contributed by atoms with E-state index in [0.717, 1.165) is 23.3 Å². The molecular formula is C16H13Cl2FO. The molecule has 1 aliphatic heterocycles. The van der Waals surface area contributed by atoms with Crippen molar-refractivity contribution in [2.45, 2.75) is 18.2 Å². The third-order valence-electron chi connectivity index (χ3n) is 3.47. The number of ether oxygens (including phenoxy) is 1. The Morgan fingerprint density at radius 2 is 2.05 bits per heavy atom. The average molecular weight is 311 g/mol. The van der Waals surface area contributed by atoms with Gasteiger partial charge < -0.3 is 4.74 Å². The van der Waals surface area contributed by atoms with Crippen molar-refractivity contribution in [3.8, 4) is 5.75 Å². The van der Waals surface area contributed by atoms with Gasteiger partial charge in [-0.1, -0.05) is 29.8 Å².